The fourth-order valence-corrected chi connectivity index (χ4v) is 6.72. The molecule has 0 saturated carbocycles. The maximum Gasteiger partial charge on any atom is 0.339 e. The number of hydrogen-bond donors (Lipinski definition) is 1. The van der Waals surface area contributed by atoms with Crippen LogP contribution in [0.15, 0.2) is 34.1 Å². The van der Waals surface area contributed by atoms with Crippen molar-refractivity contribution >= 4 is 20.2 Å². The molecule has 1 N–H and O–H groups in total. The van der Waals surface area contributed by atoms with Gasteiger partial charge in [0.05, 0.1) is 4.90 Å². The number of hydrogen-bond acceptors (Lipinski definition) is 5. The maximum atomic E-state index is 13.6. The first-order valence-electron chi connectivity index (χ1n) is 11.0. The molecule has 0 amide bonds. The van der Waals surface area contributed by atoms with Gasteiger partial charge in [0, 0.05) is 5.56 Å². The summed E-state index contributed by atoms with van der Waals surface area (Å²) in [6, 6.07) is 6.45. The fourth-order valence-electron chi connectivity index (χ4n) is 4.30. The standard InChI is InChI=1S/C24H32O6S2/c1-14(2)17-12-20(15(3)4)24(21(13-17)16(5)6)32(28,29)30-22-10-11-23(31(25,26)27)19-9-7-8-18(19)22/h10-16H,7-9H2,1-6H3,(H,25,26,27). The molecular weight excluding hydrogens is 448 g/mol. The Morgan fingerprint density at radius 2 is 1.34 bits per heavy atom. The second kappa shape index (κ2) is 8.80. The molecule has 3 rings (SSSR count). The lowest BCUT2D eigenvalue weighted by Crippen LogP contribution is -2.18. The van der Waals surface area contributed by atoms with Crippen LogP contribution in [0.1, 0.15) is 93.5 Å². The predicted molar refractivity (Wildman–Crippen MR) is 125 cm³/mol. The zero-order valence-electron chi connectivity index (χ0n) is 19.5. The zero-order valence-corrected chi connectivity index (χ0v) is 21.1. The van der Waals surface area contributed by atoms with Gasteiger partial charge in [-0.05, 0) is 71.4 Å². The summed E-state index contributed by atoms with van der Waals surface area (Å²) in [5.41, 5.74) is 3.47. The van der Waals surface area contributed by atoms with Crippen LogP contribution in [0.4, 0.5) is 0 Å². The topological polar surface area (TPSA) is 97.7 Å². The summed E-state index contributed by atoms with van der Waals surface area (Å²) in [5, 5.41) is 0. The molecule has 2 aromatic carbocycles. The Balaban J connectivity index is 2.19. The van der Waals surface area contributed by atoms with Crippen molar-refractivity contribution in [1.29, 1.82) is 0 Å². The van der Waals surface area contributed by atoms with Crippen molar-refractivity contribution in [3.63, 3.8) is 0 Å². The largest absolute Gasteiger partial charge is 0.379 e. The van der Waals surface area contributed by atoms with Crippen LogP contribution in [0, 0.1) is 0 Å². The van der Waals surface area contributed by atoms with Crippen LogP contribution < -0.4 is 4.18 Å². The lowest BCUT2D eigenvalue weighted by molar-refractivity contribution is 0.478. The molecule has 0 heterocycles. The Morgan fingerprint density at radius 1 is 0.812 bits per heavy atom. The van der Waals surface area contributed by atoms with Crippen LogP contribution in [-0.4, -0.2) is 21.4 Å². The first-order chi connectivity index (χ1) is 14.7. The van der Waals surface area contributed by atoms with Gasteiger partial charge in [0.2, 0.25) is 0 Å². The fraction of sp³-hybridized carbons (Fsp3) is 0.500. The second-order valence-corrected chi connectivity index (χ2v) is 12.3. The molecule has 32 heavy (non-hydrogen) atoms. The van der Waals surface area contributed by atoms with Crippen molar-refractivity contribution in [3.8, 4) is 5.75 Å². The van der Waals surface area contributed by atoms with E-state index in [0.717, 1.165) is 5.56 Å². The molecule has 0 aromatic heterocycles. The van der Waals surface area contributed by atoms with E-state index in [2.05, 4.69) is 13.8 Å². The van der Waals surface area contributed by atoms with Crippen molar-refractivity contribution in [2.75, 3.05) is 0 Å². The summed E-state index contributed by atoms with van der Waals surface area (Å²) in [6.45, 7) is 12.0. The molecule has 6 nitrogen and oxygen atoms in total. The SMILES string of the molecule is CC(C)c1cc(C(C)C)c(S(=O)(=O)Oc2ccc(S(=O)(=O)O)c3c2CCC3)c(C(C)C)c1. The highest BCUT2D eigenvalue weighted by molar-refractivity contribution is 7.87. The highest BCUT2D eigenvalue weighted by Crippen LogP contribution is 2.39. The van der Waals surface area contributed by atoms with Crippen molar-refractivity contribution in [2.45, 2.75) is 88.3 Å². The van der Waals surface area contributed by atoms with Gasteiger partial charge in [-0.3, -0.25) is 4.55 Å². The summed E-state index contributed by atoms with van der Waals surface area (Å²) >= 11 is 0. The van der Waals surface area contributed by atoms with Gasteiger partial charge in [-0.25, -0.2) is 0 Å². The van der Waals surface area contributed by atoms with Gasteiger partial charge in [0.25, 0.3) is 10.1 Å². The third kappa shape index (κ3) is 4.72. The molecule has 0 bridgehead atoms. The minimum absolute atomic E-state index is 0.0350. The van der Waals surface area contributed by atoms with Gasteiger partial charge in [-0.1, -0.05) is 53.7 Å². The molecule has 0 saturated heterocycles. The number of rotatable bonds is 7. The van der Waals surface area contributed by atoms with E-state index in [1.54, 1.807) is 0 Å². The van der Waals surface area contributed by atoms with Crippen molar-refractivity contribution in [1.82, 2.24) is 0 Å². The molecule has 2 aromatic rings. The van der Waals surface area contributed by atoms with E-state index in [1.807, 2.05) is 39.8 Å². The van der Waals surface area contributed by atoms with E-state index in [0.29, 0.717) is 41.5 Å². The van der Waals surface area contributed by atoms with Crippen LogP contribution in [-0.2, 0) is 33.1 Å². The van der Waals surface area contributed by atoms with Gasteiger partial charge in [0.1, 0.15) is 10.6 Å². The van der Waals surface area contributed by atoms with E-state index >= 15 is 0 Å². The predicted octanol–water partition coefficient (Wildman–Crippen LogP) is 5.56. The van der Waals surface area contributed by atoms with Crippen LogP contribution in [0.2, 0.25) is 0 Å². The van der Waals surface area contributed by atoms with Crippen LogP contribution in [0.25, 0.3) is 0 Å². The molecule has 0 radical (unpaired) electrons. The summed E-state index contributed by atoms with van der Waals surface area (Å²) in [7, 11) is -8.58. The van der Waals surface area contributed by atoms with Crippen molar-refractivity contribution < 1.29 is 25.6 Å². The van der Waals surface area contributed by atoms with Gasteiger partial charge in [-0.15, -0.1) is 0 Å². The third-order valence-electron chi connectivity index (χ3n) is 6.01. The van der Waals surface area contributed by atoms with E-state index in [4.69, 9.17) is 4.18 Å². The monoisotopic (exact) mass is 480 g/mol. The van der Waals surface area contributed by atoms with E-state index in [9.17, 15) is 21.4 Å². The normalized spacial score (nSPS) is 14.4. The van der Waals surface area contributed by atoms with Gasteiger partial charge >= 0.3 is 10.1 Å². The number of benzene rings is 2. The summed E-state index contributed by atoms with van der Waals surface area (Å²) < 4.78 is 65.9. The third-order valence-corrected chi connectivity index (χ3v) is 8.31. The summed E-state index contributed by atoms with van der Waals surface area (Å²) in [4.78, 5) is 0.0132. The zero-order chi connectivity index (χ0) is 24.0. The quantitative estimate of drug-likeness (QED) is 0.411. The Bertz CT molecular complexity index is 1210. The van der Waals surface area contributed by atoms with E-state index in [-0.39, 0.29) is 33.3 Å². The summed E-state index contributed by atoms with van der Waals surface area (Å²) in [6.07, 6.45) is 1.60. The first kappa shape index (κ1) is 24.7. The molecule has 176 valence electrons. The van der Waals surface area contributed by atoms with Crippen LogP contribution in [0.3, 0.4) is 0 Å². The van der Waals surface area contributed by atoms with Gasteiger partial charge in [-0.2, -0.15) is 16.8 Å². The van der Waals surface area contributed by atoms with E-state index in [1.165, 1.54) is 12.1 Å². The minimum atomic E-state index is -4.39. The lowest BCUT2D eigenvalue weighted by Gasteiger charge is -2.23. The van der Waals surface area contributed by atoms with E-state index < -0.39 is 20.2 Å². The van der Waals surface area contributed by atoms with Gasteiger partial charge < -0.3 is 4.18 Å². The smallest absolute Gasteiger partial charge is 0.339 e. The molecule has 0 fully saturated rings. The Labute approximate surface area is 191 Å². The molecule has 0 aliphatic heterocycles. The molecule has 0 spiro atoms. The summed E-state index contributed by atoms with van der Waals surface area (Å²) in [5.74, 6) is 0.306. The van der Waals surface area contributed by atoms with Crippen LogP contribution in [0.5, 0.6) is 5.75 Å². The Kier molecular flexibility index (Phi) is 6.80. The maximum absolute atomic E-state index is 13.6. The average molecular weight is 481 g/mol. The Hall–Kier alpha value is -1.90. The molecule has 8 heteroatoms. The average Bonchev–Trinajstić information content (AvgIpc) is 3.15. The highest BCUT2D eigenvalue weighted by atomic mass is 32.2. The number of fused-ring (bicyclic) bond motifs is 1. The molecular formula is C24H32O6S2. The first-order valence-corrected chi connectivity index (χ1v) is 13.8. The molecule has 0 atom stereocenters. The lowest BCUT2D eigenvalue weighted by atomic mass is 9.89. The molecule has 1 aliphatic rings. The van der Waals surface area contributed by atoms with Crippen molar-refractivity contribution in [2.24, 2.45) is 0 Å². The molecule has 1 aliphatic carbocycles. The van der Waals surface area contributed by atoms with Gasteiger partial charge in [0.15, 0.2) is 0 Å². The highest BCUT2D eigenvalue weighted by Gasteiger charge is 2.31. The minimum Gasteiger partial charge on any atom is -0.379 e. The van der Waals surface area contributed by atoms with Crippen LogP contribution >= 0.6 is 0 Å². The molecule has 0 unspecified atom stereocenters. The second-order valence-electron chi connectivity index (χ2n) is 9.38. The van der Waals surface area contributed by atoms with Crippen molar-refractivity contribution in [3.05, 3.63) is 52.1 Å². The Morgan fingerprint density at radius 3 is 1.81 bits per heavy atom.